The van der Waals surface area contributed by atoms with E-state index in [1.807, 2.05) is 35.0 Å². The van der Waals surface area contributed by atoms with Crippen LogP contribution in [-0.4, -0.2) is 18.4 Å². The maximum atomic E-state index is 11.9. The zero-order valence-electron chi connectivity index (χ0n) is 12.2. The molecule has 0 saturated carbocycles. The van der Waals surface area contributed by atoms with Crippen LogP contribution in [0.25, 0.3) is 6.08 Å². The van der Waals surface area contributed by atoms with E-state index in [1.54, 1.807) is 29.2 Å². The Labute approximate surface area is 133 Å². The number of benzene rings is 1. The first kappa shape index (κ1) is 14.5. The van der Waals surface area contributed by atoms with Gasteiger partial charge in [0.05, 0.1) is 0 Å². The van der Waals surface area contributed by atoms with Gasteiger partial charge in [0.1, 0.15) is 0 Å². The number of fused-ring (bicyclic) bond motifs is 1. The lowest BCUT2D eigenvalue weighted by Gasteiger charge is -2.14. The molecule has 0 unspecified atom stereocenters. The van der Waals surface area contributed by atoms with Gasteiger partial charge in [-0.15, -0.1) is 0 Å². The SMILES string of the molecule is CC(=O)N1CCc2cc(NC(=O)C=Cc3ccsc3)ccc21. The molecule has 1 aliphatic heterocycles. The Bertz CT molecular complexity index is 735. The second-order valence-electron chi connectivity index (χ2n) is 5.14. The average Bonchev–Trinajstić information content (AvgIpc) is 3.14. The largest absolute Gasteiger partial charge is 0.323 e. The van der Waals surface area contributed by atoms with Crippen molar-refractivity contribution in [2.75, 3.05) is 16.8 Å². The number of nitrogens with zero attached hydrogens (tertiary/aromatic N) is 1. The Balaban J connectivity index is 1.69. The summed E-state index contributed by atoms with van der Waals surface area (Å²) in [6.07, 6.45) is 4.14. The van der Waals surface area contributed by atoms with Crippen LogP contribution in [0.15, 0.2) is 41.1 Å². The van der Waals surface area contributed by atoms with Crippen LogP contribution in [-0.2, 0) is 16.0 Å². The van der Waals surface area contributed by atoms with Crippen LogP contribution in [0.1, 0.15) is 18.1 Å². The van der Waals surface area contributed by atoms with Crippen molar-refractivity contribution in [3.05, 3.63) is 52.2 Å². The van der Waals surface area contributed by atoms with Gasteiger partial charge in [-0.05, 0) is 58.6 Å². The molecule has 1 N–H and O–H groups in total. The number of rotatable bonds is 3. The molecule has 112 valence electrons. The molecule has 22 heavy (non-hydrogen) atoms. The van der Waals surface area contributed by atoms with Crippen LogP contribution in [0.5, 0.6) is 0 Å². The molecule has 0 bridgehead atoms. The van der Waals surface area contributed by atoms with Gasteiger partial charge in [0.25, 0.3) is 0 Å². The van der Waals surface area contributed by atoms with Gasteiger partial charge in [0.2, 0.25) is 11.8 Å². The zero-order chi connectivity index (χ0) is 15.5. The number of hydrogen-bond donors (Lipinski definition) is 1. The summed E-state index contributed by atoms with van der Waals surface area (Å²) >= 11 is 1.60. The highest BCUT2D eigenvalue weighted by Gasteiger charge is 2.22. The van der Waals surface area contributed by atoms with Crippen molar-refractivity contribution in [3.8, 4) is 0 Å². The summed E-state index contributed by atoms with van der Waals surface area (Å²) in [5.74, 6) is -0.109. The first-order chi connectivity index (χ1) is 10.6. The minimum Gasteiger partial charge on any atom is -0.323 e. The second kappa shape index (κ2) is 6.15. The lowest BCUT2D eigenvalue weighted by atomic mass is 10.1. The lowest BCUT2D eigenvalue weighted by Crippen LogP contribution is -2.25. The molecular formula is C17H16N2O2S. The van der Waals surface area contributed by atoms with E-state index in [4.69, 9.17) is 0 Å². The number of thiophene rings is 1. The van der Waals surface area contributed by atoms with E-state index in [9.17, 15) is 9.59 Å². The molecule has 0 atom stereocenters. The van der Waals surface area contributed by atoms with E-state index in [0.717, 1.165) is 28.9 Å². The van der Waals surface area contributed by atoms with Crippen LogP contribution in [0, 0.1) is 0 Å². The van der Waals surface area contributed by atoms with Crippen LogP contribution in [0.4, 0.5) is 11.4 Å². The number of amides is 2. The van der Waals surface area contributed by atoms with Gasteiger partial charge in [-0.25, -0.2) is 0 Å². The van der Waals surface area contributed by atoms with Crippen LogP contribution < -0.4 is 10.2 Å². The summed E-state index contributed by atoms with van der Waals surface area (Å²) in [6.45, 7) is 2.28. The number of nitrogens with one attached hydrogen (secondary N) is 1. The summed E-state index contributed by atoms with van der Waals surface area (Å²) in [4.78, 5) is 25.2. The molecule has 1 aromatic carbocycles. The molecule has 5 heteroatoms. The number of anilines is 2. The smallest absolute Gasteiger partial charge is 0.248 e. The predicted molar refractivity (Wildman–Crippen MR) is 90.2 cm³/mol. The Morgan fingerprint density at radius 3 is 2.91 bits per heavy atom. The highest BCUT2D eigenvalue weighted by atomic mass is 32.1. The van der Waals surface area contributed by atoms with E-state index in [-0.39, 0.29) is 11.8 Å². The highest BCUT2D eigenvalue weighted by molar-refractivity contribution is 7.08. The molecule has 3 rings (SSSR count). The molecule has 2 aromatic rings. The minimum absolute atomic E-state index is 0.0502. The Morgan fingerprint density at radius 1 is 1.32 bits per heavy atom. The van der Waals surface area contributed by atoms with Crippen molar-refractivity contribution in [3.63, 3.8) is 0 Å². The first-order valence-corrected chi connectivity index (χ1v) is 8.00. The second-order valence-corrected chi connectivity index (χ2v) is 5.92. The number of hydrogen-bond acceptors (Lipinski definition) is 3. The van der Waals surface area contributed by atoms with Crippen LogP contribution >= 0.6 is 11.3 Å². The summed E-state index contributed by atoms with van der Waals surface area (Å²) in [5, 5.41) is 6.81. The predicted octanol–water partition coefficient (Wildman–Crippen LogP) is 3.31. The molecule has 0 fully saturated rings. The highest BCUT2D eigenvalue weighted by Crippen LogP contribution is 2.30. The quantitative estimate of drug-likeness (QED) is 0.884. The third-order valence-electron chi connectivity index (χ3n) is 3.59. The van der Waals surface area contributed by atoms with Crippen molar-refractivity contribution in [1.29, 1.82) is 0 Å². The third-order valence-corrected chi connectivity index (χ3v) is 4.29. The fourth-order valence-electron chi connectivity index (χ4n) is 2.53. The molecule has 2 heterocycles. The molecular weight excluding hydrogens is 296 g/mol. The average molecular weight is 312 g/mol. The number of carbonyl (C=O) groups is 2. The van der Waals surface area contributed by atoms with Gasteiger partial charge in [-0.3, -0.25) is 9.59 Å². The molecule has 0 spiro atoms. The molecule has 1 aliphatic rings. The van der Waals surface area contributed by atoms with Crippen molar-refractivity contribution in [2.24, 2.45) is 0 Å². The third kappa shape index (κ3) is 3.09. The van der Waals surface area contributed by atoms with Gasteiger partial charge >= 0.3 is 0 Å². The Morgan fingerprint density at radius 2 is 2.18 bits per heavy atom. The topological polar surface area (TPSA) is 49.4 Å². The summed E-state index contributed by atoms with van der Waals surface area (Å²) in [5.41, 5.74) is 3.81. The van der Waals surface area contributed by atoms with Gasteiger partial charge < -0.3 is 10.2 Å². The van der Waals surface area contributed by atoms with Crippen LogP contribution in [0.3, 0.4) is 0 Å². The van der Waals surface area contributed by atoms with E-state index in [0.29, 0.717) is 6.54 Å². The Kier molecular flexibility index (Phi) is 4.06. The monoisotopic (exact) mass is 312 g/mol. The van der Waals surface area contributed by atoms with Crippen molar-refractivity contribution < 1.29 is 9.59 Å². The molecule has 0 saturated heterocycles. The fraction of sp³-hybridized carbons (Fsp3) is 0.176. The molecule has 4 nitrogen and oxygen atoms in total. The van der Waals surface area contributed by atoms with E-state index >= 15 is 0 Å². The van der Waals surface area contributed by atoms with E-state index in [2.05, 4.69) is 5.32 Å². The van der Waals surface area contributed by atoms with Gasteiger partial charge in [-0.1, -0.05) is 0 Å². The van der Waals surface area contributed by atoms with Crippen molar-refractivity contribution in [2.45, 2.75) is 13.3 Å². The molecule has 1 aromatic heterocycles. The summed E-state index contributed by atoms with van der Waals surface area (Å²) in [7, 11) is 0. The molecule has 0 radical (unpaired) electrons. The lowest BCUT2D eigenvalue weighted by molar-refractivity contribution is -0.116. The summed E-state index contributed by atoms with van der Waals surface area (Å²) < 4.78 is 0. The number of carbonyl (C=O) groups excluding carboxylic acids is 2. The Hall–Kier alpha value is -2.40. The van der Waals surface area contributed by atoms with Crippen LogP contribution in [0.2, 0.25) is 0 Å². The fourth-order valence-corrected chi connectivity index (χ4v) is 3.16. The van der Waals surface area contributed by atoms with E-state index in [1.165, 1.54) is 6.08 Å². The molecule has 0 aliphatic carbocycles. The van der Waals surface area contributed by atoms with Gasteiger partial charge in [0, 0.05) is 30.9 Å². The molecule has 2 amide bonds. The van der Waals surface area contributed by atoms with Crippen molar-refractivity contribution >= 4 is 40.6 Å². The maximum absolute atomic E-state index is 11.9. The first-order valence-electron chi connectivity index (χ1n) is 7.06. The minimum atomic E-state index is -0.160. The van der Waals surface area contributed by atoms with Crippen molar-refractivity contribution in [1.82, 2.24) is 0 Å². The van der Waals surface area contributed by atoms with Gasteiger partial charge in [0.15, 0.2) is 0 Å². The van der Waals surface area contributed by atoms with Gasteiger partial charge in [-0.2, -0.15) is 11.3 Å². The zero-order valence-corrected chi connectivity index (χ0v) is 13.0. The standard InChI is InChI=1S/C17H16N2O2S/c1-12(20)19-8-6-14-10-15(3-4-16(14)19)18-17(21)5-2-13-7-9-22-11-13/h2-5,7,9-11H,6,8H2,1H3,(H,18,21). The normalized spacial score (nSPS) is 13.4. The maximum Gasteiger partial charge on any atom is 0.248 e. The summed E-state index contributed by atoms with van der Waals surface area (Å²) in [6, 6.07) is 7.62. The van der Waals surface area contributed by atoms with E-state index < -0.39 is 0 Å².